The lowest BCUT2D eigenvalue weighted by atomic mass is 10.0. The Kier molecular flexibility index (Phi) is 6.65. The van der Waals surface area contributed by atoms with Crippen molar-refractivity contribution in [3.05, 3.63) is 93.8 Å². The minimum Gasteiger partial charge on any atom is -0.325 e. The van der Waals surface area contributed by atoms with Gasteiger partial charge in [-0.1, -0.05) is 68.1 Å². The number of thioether (sulfide) groups is 1. The van der Waals surface area contributed by atoms with Crippen LogP contribution in [0, 0.1) is 13.8 Å². The number of carbonyl (C=O) groups excluding carboxylic acids is 1. The van der Waals surface area contributed by atoms with Gasteiger partial charge in [0.1, 0.15) is 0 Å². The minimum absolute atomic E-state index is 0.137. The normalized spacial score (nSPS) is 11.2. The van der Waals surface area contributed by atoms with Crippen LogP contribution in [0.4, 0.5) is 5.69 Å². The molecule has 1 amide bonds. The first-order valence-corrected chi connectivity index (χ1v) is 11.9. The molecule has 0 atom stereocenters. The maximum Gasteiger partial charge on any atom is 0.266 e. The van der Waals surface area contributed by atoms with Crippen LogP contribution in [0.2, 0.25) is 0 Å². The molecule has 3 aromatic carbocycles. The maximum absolute atomic E-state index is 13.4. The molecule has 4 rings (SSSR count). The zero-order valence-corrected chi connectivity index (χ0v) is 20.1. The van der Waals surface area contributed by atoms with E-state index in [0.717, 1.165) is 22.5 Å². The van der Waals surface area contributed by atoms with Crippen LogP contribution in [-0.2, 0) is 4.79 Å². The van der Waals surface area contributed by atoms with Gasteiger partial charge in [-0.15, -0.1) is 0 Å². The van der Waals surface area contributed by atoms with E-state index in [-0.39, 0.29) is 17.2 Å². The van der Waals surface area contributed by atoms with E-state index in [1.54, 1.807) is 10.6 Å². The molecule has 5 nitrogen and oxygen atoms in total. The number of nitrogens with zero attached hydrogens (tertiary/aromatic N) is 2. The van der Waals surface area contributed by atoms with Gasteiger partial charge in [0.25, 0.3) is 5.56 Å². The Morgan fingerprint density at radius 2 is 1.64 bits per heavy atom. The third kappa shape index (κ3) is 4.86. The fourth-order valence-corrected chi connectivity index (χ4v) is 4.58. The summed E-state index contributed by atoms with van der Waals surface area (Å²) in [5, 5.41) is 4.05. The van der Waals surface area contributed by atoms with E-state index in [9.17, 15) is 9.59 Å². The van der Waals surface area contributed by atoms with Crippen molar-refractivity contribution in [2.75, 3.05) is 11.1 Å². The Bertz CT molecular complexity index is 1350. The van der Waals surface area contributed by atoms with Crippen molar-refractivity contribution < 1.29 is 4.79 Å². The lowest BCUT2D eigenvalue weighted by molar-refractivity contribution is -0.113. The Balaban J connectivity index is 1.68. The number of amides is 1. The fraction of sp³-hybridized carbons (Fsp3) is 0.222. The summed E-state index contributed by atoms with van der Waals surface area (Å²) in [7, 11) is 0. The van der Waals surface area contributed by atoms with Crippen molar-refractivity contribution in [2.24, 2.45) is 0 Å². The molecule has 4 aromatic rings. The van der Waals surface area contributed by atoms with Crippen molar-refractivity contribution in [1.82, 2.24) is 9.55 Å². The molecule has 0 fully saturated rings. The molecule has 0 radical (unpaired) electrons. The molecule has 1 heterocycles. The molecule has 168 valence electrons. The molecule has 0 aliphatic heterocycles. The average molecular weight is 458 g/mol. The van der Waals surface area contributed by atoms with Gasteiger partial charge in [0.15, 0.2) is 5.16 Å². The van der Waals surface area contributed by atoms with E-state index in [2.05, 4.69) is 19.2 Å². The van der Waals surface area contributed by atoms with Crippen molar-refractivity contribution in [3.8, 4) is 5.69 Å². The molecule has 0 aliphatic rings. The first kappa shape index (κ1) is 22.8. The minimum atomic E-state index is -0.143. The summed E-state index contributed by atoms with van der Waals surface area (Å²) in [6.45, 7) is 8.21. The first-order chi connectivity index (χ1) is 15.8. The van der Waals surface area contributed by atoms with E-state index < -0.39 is 0 Å². The molecular weight excluding hydrogens is 430 g/mol. The number of hydrogen-bond donors (Lipinski definition) is 1. The van der Waals surface area contributed by atoms with E-state index in [0.29, 0.717) is 22.0 Å². The summed E-state index contributed by atoms with van der Waals surface area (Å²) in [6.07, 6.45) is 0. The highest BCUT2D eigenvalue weighted by atomic mass is 32.2. The predicted molar refractivity (Wildman–Crippen MR) is 137 cm³/mol. The van der Waals surface area contributed by atoms with Crippen LogP contribution in [0.5, 0.6) is 0 Å². The van der Waals surface area contributed by atoms with Gasteiger partial charge < -0.3 is 5.32 Å². The predicted octanol–water partition coefficient (Wildman–Crippen LogP) is 5.86. The van der Waals surface area contributed by atoms with Crippen LogP contribution in [0.15, 0.2) is 76.7 Å². The second kappa shape index (κ2) is 9.63. The average Bonchev–Trinajstić information content (AvgIpc) is 2.80. The van der Waals surface area contributed by atoms with Gasteiger partial charge in [0.05, 0.1) is 22.3 Å². The van der Waals surface area contributed by atoms with Crippen molar-refractivity contribution >= 4 is 34.3 Å². The van der Waals surface area contributed by atoms with Crippen LogP contribution in [0.3, 0.4) is 0 Å². The topological polar surface area (TPSA) is 64.0 Å². The number of rotatable bonds is 6. The van der Waals surface area contributed by atoms with Gasteiger partial charge in [0, 0.05) is 5.69 Å². The van der Waals surface area contributed by atoms with Crippen molar-refractivity contribution in [3.63, 3.8) is 0 Å². The van der Waals surface area contributed by atoms with Gasteiger partial charge in [-0.05, 0) is 60.7 Å². The van der Waals surface area contributed by atoms with E-state index in [1.807, 2.05) is 74.5 Å². The molecule has 0 spiro atoms. The Hall–Kier alpha value is -3.38. The number of benzene rings is 3. The SMILES string of the molecule is Cc1cccc(C)c1NC(=O)CSc1nc2ccccc2c(=O)n1-c1ccc(C(C)C)cc1. The smallest absolute Gasteiger partial charge is 0.266 e. The molecule has 0 saturated carbocycles. The molecule has 1 N–H and O–H groups in total. The Labute approximate surface area is 197 Å². The number of nitrogens with one attached hydrogen (secondary N) is 1. The standard InChI is InChI=1S/C27H27N3O2S/c1-17(2)20-12-14-21(15-13-20)30-26(32)22-10-5-6-11-23(22)28-27(30)33-16-24(31)29-25-18(3)8-7-9-19(25)4/h5-15,17H,16H2,1-4H3,(H,29,31). The molecule has 33 heavy (non-hydrogen) atoms. The van der Waals surface area contributed by atoms with E-state index in [4.69, 9.17) is 4.98 Å². The number of hydrogen-bond acceptors (Lipinski definition) is 4. The van der Waals surface area contributed by atoms with E-state index in [1.165, 1.54) is 17.3 Å². The van der Waals surface area contributed by atoms with Crippen molar-refractivity contribution in [2.45, 2.75) is 38.8 Å². The summed E-state index contributed by atoms with van der Waals surface area (Å²) in [4.78, 5) is 30.9. The third-order valence-electron chi connectivity index (χ3n) is 5.64. The molecule has 1 aromatic heterocycles. The van der Waals surface area contributed by atoms with Crippen LogP contribution >= 0.6 is 11.8 Å². The van der Waals surface area contributed by atoms with Gasteiger partial charge in [-0.3, -0.25) is 14.2 Å². The first-order valence-electron chi connectivity index (χ1n) is 11.0. The lowest BCUT2D eigenvalue weighted by Gasteiger charge is -2.15. The molecule has 0 bridgehead atoms. The summed E-state index contributed by atoms with van der Waals surface area (Å²) in [6, 6.07) is 21.2. The van der Waals surface area contributed by atoms with Gasteiger partial charge in [-0.25, -0.2) is 4.98 Å². The van der Waals surface area contributed by atoms with E-state index >= 15 is 0 Å². The number of carbonyl (C=O) groups is 1. The third-order valence-corrected chi connectivity index (χ3v) is 6.58. The summed E-state index contributed by atoms with van der Waals surface area (Å²) < 4.78 is 1.60. The maximum atomic E-state index is 13.4. The Morgan fingerprint density at radius 3 is 2.30 bits per heavy atom. The number of para-hydroxylation sites is 2. The Morgan fingerprint density at radius 1 is 0.970 bits per heavy atom. The number of anilines is 1. The van der Waals surface area contributed by atoms with Gasteiger partial charge in [-0.2, -0.15) is 0 Å². The highest BCUT2D eigenvalue weighted by Gasteiger charge is 2.16. The van der Waals surface area contributed by atoms with Crippen molar-refractivity contribution in [1.29, 1.82) is 0 Å². The molecule has 0 unspecified atom stereocenters. The molecule has 0 saturated heterocycles. The second-order valence-electron chi connectivity index (χ2n) is 8.40. The van der Waals surface area contributed by atoms with Gasteiger partial charge >= 0.3 is 0 Å². The monoisotopic (exact) mass is 457 g/mol. The molecular formula is C27H27N3O2S. The van der Waals surface area contributed by atoms with Crippen LogP contribution < -0.4 is 10.9 Å². The number of aryl methyl sites for hydroxylation is 2. The van der Waals surface area contributed by atoms with Crippen LogP contribution in [0.25, 0.3) is 16.6 Å². The summed E-state index contributed by atoms with van der Waals surface area (Å²) in [5.74, 6) is 0.400. The summed E-state index contributed by atoms with van der Waals surface area (Å²) in [5.41, 5.74) is 5.27. The number of aromatic nitrogens is 2. The zero-order chi connectivity index (χ0) is 23.5. The zero-order valence-electron chi connectivity index (χ0n) is 19.3. The molecule has 6 heteroatoms. The summed E-state index contributed by atoms with van der Waals surface area (Å²) >= 11 is 1.26. The highest BCUT2D eigenvalue weighted by molar-refractivity contribution is 7.99. The second-order valence-corrected chi connectivity index (χ2v) is 9.34. The number of fused-ring (bicyclic) bond motifs is 1. The van der Waals surface area contributed by atoms with Crippen LogP contribution in [-0.4, -0.2) is 21.2 Å². The molecule has 0 aliphatic carbocycles. The highest BCUT2D eigenvalue weighted by Crippen LogP contribution is 2.24. The quantitative estimate of drug-likeness (QED) is 0.291. The lowest BCUT2D eigenvalue weighted by Crippen LogP contribution is -2.23. The largest absolute Gasteiger partial charge is 0.325 e. The van der Waals surface area contributed by atoms with Gasteiger partial charge in [0.2, 0.25) is 5.91 Å². The van der Waals surface area contributed by atoms with Crippen LogP contribution in [0.1, 0.15) is 36.5 Å². The fourth-order valence-electron chi connectivity index (χ4n) is 3.76.